The number of benzene rings is 2. The summed E-state index contributed by atoms with van der Waals surface area (Å²) in [5.74, 6) is -1.16. The monoisotopic (exact) mass is 318 g/mol. The largest absolute Gasteiger partial charge is 0.508 e. The molecule has 0 radical (unpaired) electrons. The van der Waals surface area contributed by atoms with E-state index in [2.05, 4.69) is 0 Å². The first-order chi connectivity index (χ1) is 10.9. The van der Waals surface area contributed by atoms with Gasteiger partial charge in [-0.1, -0.05) is 0 Å². The van der Waals surface area contributed by atoms with Gasteiger partial charge in [-0.2, -0.15) is 0 Å². The summed E-state index contributed by atoms with van der Waals surface area (Å²) in [6.07, 6.45) is -1.52. The second-order valence-electron chi connectivity index (χ2n) is 4.98. The van der Waals surface area contributed by atoms with Gasteiger partial charge in [0.1, 0.15) is 23.4 Å². The minimum Gasteiger partial charge on any atom is -0.508 e. The van der Waals surface area contributed by atoms with Crippen LogP contribution in [0.3, 0.4) is 0 Å². The van der Waals surface area contributed by atoms with Crippen molar-refractivity contribution in [2.24, 2.45) is 0 Å². The van der Waals surface area contributed by atoms with Crippen molar-refractivity contribution in [2.45, 2.75) is 6.10 Å². The van der Waals surface area contributed by atoms with E-state index in [1.54, 1.807) is 0 Å². The molecule has 3 rings (SSSR count). The van der Waals surface area contributed by atoms with Crippen LogP contribution in [0.5, 0.6) is 28.7 Å². The molecule has 23 heavy (non-hydrogen) atoms. The van der Waals surface area contributed by atoms with Crippen LogP contribution in [0.2, 0.25) is 0 Å². The Morgan fingerprint density at radius 3 is 2.43 bits per heavy atom. The van der Waals surface area contributed by atoms with Crippen LogP contribution < -0.4 is 9.47 Å². The second-order valence-corrected chi connectivity index (χ2v) is 4.98. The van der Waals surface area contributed by atoms with Gasteiger partial charge < -0.3 is 35.0 Å². The Kier molecular flexibility index (Phi) is 3.42. The summed E-state index contributed by atoms with van der Waals surface area (Å²) in [7, 11) is 1.37. The van der Waals surface area contributed by atoms with Crippen molar-refractivity contribution >= 4 is 5.76 Å². The lowest BCUT2D eigenvalue weighted by Gasteiger charge is -2.25. The van der Waals surface area contributed by atoms with Crippen molar-refractivity contribution in [3.63, 3.8) is 0 Å². The second kappa shape index (κ2) is 5.29. The fourth-order valence-electron chi connectivity index (χ4n) is 2.41. The first-order valence-electron chi connectivity index (χ1n) is 6.64. The van der Waals surface area contributed by atoms with E-state index in [1.807, 2.05) is 0 Å². The Labute approximate surface area is 130 Å². The highest BCUT2D eigenvalue weighted by atomic mass is 16.5. The van der Waals surface area contributed by atoms with Gasteiger partial charge >= 0.3 is 0 Å². The number of ether oxygens (including phenoxy) is 2. The van der Waals surface area contributed by atoms with Crippen molar-refractivity contribution < 1.29 is 35.0 Å². The van der Waals surface area contributed by atoms with Gasteiger partial charge in [0.15, 0.2) is 23.0 Å². The predicted octanol–water partition coefficient (Wildman–Crippen LogP) is 2.16. The van der Waals surface area contributed by atoms with Crippen molar-refractivity contribution in [1.82, 2.24) is 0 Å². The Hall–Kier alpha value is -3.06. The molecule has 0 aliphatic carbocycles. The van der Waals surface area contributed by atoms with Gasteiger partial charge in [-0.3, -0.25) is 0 Å². The molecule has 1 aliphatic rings. The summed E-state index contributed by atoms with van der Waals surface area (Å²) in [5.41, 5.74) is 0.291. The van der Waals surface area contributed by atoms with Crippen molar-refractivity contribution in [1.29, 1.82) is 0 Å². The fourth-order valence-corrected chi connectivity index (χ4v) is 2.41. The van der Waals surface area contributed by atoms with E-state index in [1.165, 1.54) is 31.4 Å². The Morgan fingerprint density at radius 1 is 1.00 bits per heavy atom. The summed E-state index contributed by atoms with van der Waals surface area (Å²) in [4.78, 5) is 0. The predicted molar refractivity (Wildman–Crippen MR) is 79.6 cm³/mol. The highest BCUT2D eigenvalue weighted by Crippen LogP contribution is 2.46. The molecule has 2 aromatic rings. The fraction of sp³-hybridized carbons (Fsp3) is 0.125. The van der Waals surface area contributed by atoms with E-state index in [-0.39, 0.29) is 34.3 Å². The molecule has 1 atom stereocenters. The highest BCUT2D eigenvalue weighted by molar-refractivity contribution is 5.71. The Balaban J connectivity index is 2.13. The number of aliphatic hydroxyl groups excluding tert-OH is 2. The normalized spacial score (nSPS) is 16.7. The SMILES string of the molecule is COc1cc(C2=C(O)C(O)c3c(O)cc(O)cc3O2)ccc1O. The quantitative estimate of drug-likeness (QED) is 0.575. The molecular weight excluding hydrogens is 304 g/mol. The average Bonchev–Trinajstić information content (AvgIpc) is 2.50. The van der Waals surface area contributed by atoms with Gasteiger partial charge in [-0.15, -0.1) is 0 Å². The van der Waals surface area contributed by atoms with Crippen LogP contribution in [-0.4, -0.2) is 32.6 Å². The third kappa shape index (κ3) is 2.36. The number of hydrogen-bond acceptors (Lipinski definition) is 7. The third-order valence-corrected chi connectivity index (χ3v) is 3.52. The van der Waals surface area contributed by atoms with E-state index >= 15 is 0 Å². The highest BCUT2D eigenvalue weighted by Gasteiger charge is 2.32. The molecule has 7 nitrogen and oxygen atoms in total. The molecule has 0 saturated heterocycles. The average molecular weight is 318 g/mol. The van der Waals surface area contributed by atoms with Crippen LogP contribution in [0.25, 0.3) is 5.76 Å². The number of rotatable bonds is 2. The number of hydrogen-bond donors (Lipinski definition) is 5. The van der Waals surface area contributed by atoms with Crippen LogP contribution in [0.15, 0.2) is 36.1 Å². The van der Waals surface area contributed by atoms with Gasteiger partial charge in [0.2, 0.25) is 0 Å². The van der Waals surface area contributed by atoms with Crippen LogP contribution in [-0.2, 0) is 0 Å². The van der Waals surface area contributed by atoms with Crippen molar-refractivity contribution in [2.75, 3.05) is 7.11 Å². The standard InChI is InChI=1S/C16H14O7/c1-22-11-4-7(2-3-9(11)18)16-15(21)14(20)13-10(19)5-8(17)6-12(13)23-16/h2-6,14,17-21H,1H3. The molecule has 1 aliphatic heterocycles. The van der Waals surface area contributed by atoms with Crippen LogP contribution >= 0.6 is 0 Å². The van der Waals surface area contributed by atoms with Gasteiger partial charge in [0.25, 0.3) is 0 Å². The molecular formula is C16H14O7. The minimum atomic E-state index is -1.52. The number of fused-ring (bicyclic) bond motifs is 1. The van der Waals surface area contributed by atoms with E-state index in [4.69, 9.17) is 9.47 Å². The molecule has 0 spiro atoms. The number of aliphatic hydroxyl groups is 2. The molecule has 120 valence electrons. The van der Waals surface area contributed by atoms with E-state index < -0.39 is 17.6 Å². The number of phenols is 3. The maximum atomic E-state index is 10.2. The topological polar surface area (TPSA) is 120 Å². The molecule has 0 bridgehead atoms. The third-order valence-electron chi connectivity index (χ3n) is 3.52. The molecule has 0 fully saturated rings. The van der Waals surface area contributed by atoms with Crippen LogP contribution in [0.1, 0.15) is 17.2 Å². The number of methoxy groups -OCH3 is 1. The van der Waals surface area contributed by atoms with Gasteiger partial charge in [0.05, 0.1) is 12.7 Å². The molecule has 1 heterocycles. The van der Waals surface area contributed by atoms with Crippen LogP contribution in [0, 0.1) is 0 Å². The molecule has 5 N–H and O–H groups in total. The molecule has 0 amide bonds. The molecule has 0 saturated carbocycles. The smallest absolute Gasteiger partial charge is 0.175 e. The van der Waals surface area contributed by atoms with Gasteiger partial charge in [-0.25, -0.2) is 0 Å². The maximum absolute atomic E-state index is 10.2. The van der Waals surface area contributed by atoms with E-state index in [0.717, 1.165) is 6.07 Å². The summed E-state index contributed by atoms with van der Waals surface area (Å²) in [6.45, 7) is 0. The van der Waals surface area contributed by atoms with E-state index in [0.29, 0.717) is 5.56 Å². The van der Waals surface area contributed by atoms with Crippen molar-refractivity contribution in [3.05, 3.63) is 47.2 Å². The summed E-state index contributed by atoms with van der Waals surface area (Å²) in [5, 5.41) is 49.4. The zero-order chi connectivity index (χ0) is 16.7. The lowest BCUT2D eigenvalue weighted by Crippen LogP contribution is -2.15. The minimum absolute atomic E-state index is 0.00911. The Bertz CT molecular complexity index is 810. The summed E-state index contributed by atoms with van der Waals surface area (Å²) in [6, 6.07) is 6.47. The molecule has 0 aromatic heterocycles. The first-order valence-corrected chi connectivity index (χ1v) is 6.64. The Morgan fingerprint density at radius 2 is 1.74 bits per heavy atom. The first kappa shape index (κ1) is 14.9. The summed E-state index contributed by atoms with van der Waals surface area (Å²) >= 11 is 0. The molecule has 7 heteroatoms. The van der Waals surface area contributed by atoms with Gasteiger partial charge in [0, 0.05) is 17.7 Å². The maximum Gasteiger partial charge on any atom is 0.175 e. The lowest BCUT2D eigenvalue weighted by atomic mass is 9.99. The molecule has 1 unspecified atom stereocenters. The number of aromatic hydroxyl groups is 3. The van der Waals surface area contributed by atoms with Gasteiger partial charge in [-0.05, 0) is 18.2 Å². The lowest BCUT2D eigenvalue weighted by molar-refractivity contribution is 0.138. The van der Waals surface area contributed by atoms with E-state index in [9.17, 15) is 25.5 Å². The molecule has 2 aromatic carbocycles. The summed E-state index contributed by atoms with van der Waals surface area (Å²) < 4.78 is 10.5. The zero-order valence-electron chi connectivity index (χ0n) is 12.0. The van der Waals surface area contributed by atoms with Crippen molar-refractivity contribution in [3.8, 4) is 28.7 Å². The zero-order valence-corrected chi connectivity index (χ0v) is 12.0. The number of phenolic OH excluding ortho intramolecular Hbond substituents is 3. The van der Waals surface area contributed by atoms with Crippen LogP contribution in [0.4, 0.5) is 0 Å².